The van der Waals surface area contributed by atoms with Gasteiger partial charge in [-0.3, -0.25) is 0 Å². The Labute approximate surface area is 138 Å². The minimum Gasteiger partial charge on any atom is -0.380 e. The molecule has 0 saturated carbocycles. The van der Waals surface area contributed by atoms with E-state index in [1.807, 2.05) is 6.92 Å². The zero-order valence-corrected chi connectivity index (χ0v) is 15.2. The summed E-state index contributed by atoms with van der Waals surface area (Å²) in [6.07, 6.45) is 1.12. The molecule has 120 valence electrons. The van der Waals surface area contributed by atoms with Crippen LogP contribution in [0.1, 0.15) is 38.8 Å². The molecule has 0 saturated heterocycles. The molecule has 0 fully saturated rings. The average molecular weight is 357 g/mol. The van der Waals surface area contributed by atoms with Crippen LogP contribution < -0.4 is 5.32 Å². The molecule has 4 heteroatoms. The van der Waals surface area contributed by atoms with Gasteiger partial charge in [0.15, 0.2) is 0 Å². The second-order valence-corrected chi connectivity index (χ2v) is 6.00. The maximum atomic E-state index is 5.46. The Morgan fingerprint density at radius 2 is 1.86 bits per heavy atom. The average Bonchev–Trinajstić information content (AvgIpc) is 2.50. The summed E-state index contributed by atoms with van der Waals surface area (Å²) in [6.45, 7) is 12.2. The van der Waals surface area contributed by atoms with E-state index in [0.717, 1.165) is 50.3 Å². The van der Waals surface area contributed by atoms with Gasteiger partial charge in [0.25, 0.3) is 0 Å². The molecule has 0 amide bonds. The van der Waals surface area contributed by atoms with E-state index in [4.69, 9.17) is 4.74 Å². The summed E-state index contributed by atoms with van der Waals surface area (Å²) in [5, 5.41) is 3.59. The van der Waals surface area contributed by atoms with Crippen LogP contribution in [-0.2, 0) is 4.74 Å². The van der Waals surface area contributed by atoms with E-state index in [2.05, 4.69) is 64.3 Å². The van der Waals surface area contributed by atoms with Crippen LogP contribution in [0.15, 0.2) is 28.7 Å². The van der Waals surface area contributed by atoms with Crippen molar-refractivity contribution in [1.82, 2.24) is 10.2 Å². The zero-order chi connectivity index (χ0) is 15.5. The van der Waals surface area contributed by atoms with Gasteiger partial charge in [0.1, 0.15) is 0 Å². The number of benzene rings is 1. The Bertz CT molecular complexity index is 370. The largest absolute Gasteiger partial charge is 0.380 e. The number of nitrogens with zero attached hydrogens (tertiary/aromatic N) is 1. The Hall–Kier alpha value is -0.420. The van der Waals surface area contributed by atoms with Gasteiger partial charge in [-0.1, -0.05) is 41.9 Å². The lowest BCUT2D eigenvalue weighted by atomic mass is 10.0. The highest BCUT2D eigenvalue weighted by molar-refractivity contribution is 9.10. The van der Waals surface area contributed by atoms with Crippen LogP contribution in [0.2, 0.25) is 0 Å². The molecule has 1 aromatic rings. The molecular formula is C17H29BrN2O. The van der Waals surface area contributed by atoms with E-state index in [9.17, 15) is 0 Å². The highest BCUT2D eigenvalue weighted by atomic mass is 79.9. The van der Waals surface area contributed by atoms with Crippen molar-refractivity contribution in [3.63, 3.8) is 0 Å². The van der Waals surface area contributed by atoms with Crippen molar-refractivity contribution in [3.8, 4) is 0 Å². The number of nitrogens with one attached hydrogen (secondary N) is 1. The Balaban J connectivity index is 2.51. The number of ether oxygens (including phenoxy) is 1. The van der Waals surface area contributed by atoms with Crippen molar-refractivity contribution in [2.45, 2.75) is 33.2 Å². The standard InChI is InChI=1S/C17H29BrN2O/c1-4-19-17(15-7-9-16(18)10-8-15)11-12-20(5-2)13-14-21-6-3/h7-10,17,19H,4-6,11-14H2,1-3H3. The molecule has 1 N–H and O–H groups in total. The first kappa shape index (κ1) is 18.6. The predicted molar refractivity (Wildman–Crippen MR) is 93.8 cm³/mol. The molecule has 1 unspecified atom stereocenters. The Morgan fingerprint density at radius 3 is 2.43 bits per heavy atom. The summed E-state index contributed by atoms with van der Waals surface area (Å²) in [6, 6.07) is 9.06. The fraction of sp³-hybridized carbons (Fsp3) is 0.647. The molecular weight excluding hydrogens is 328 g/mol. The topological polar surface area (TPSA) is 24.5 Å². The first-order chi connectivity index (χ1) is 10.2. The summed E-state index contributed by atoms with van der Waals surface area (Å²) in [4.78, 5) is 2.46. The molecule has 3 nitrogen and oxygen atoms in total. The van der Waals surface area contributed by atoms with Crippen molar-refractivity contribution < 1.29 is 4.74 Å². The lowest BCUT2D eigenvalue weighted by Crippen LogP contribution is -2.32. The zero-order valence-electron chi connectivity index (χ0n) is 13.6. The number of hydrogen-bond donors (Lipinski definition) is 1. The van der Waals surface area contributed by atoms with Gasteiger partial charge in [-0.05, 0) is 44.1 Å². The van der Waals surface area contributed by atoms with Crippen LogP contribution in [0, 0.1) is 0 Å². The van der Waals surface area contributed by atoms with Crippen LogP contribution in [0.5, 0.6) is 0 Å². The van der Waals surface area contributed by atoms with Gasteiger partial charge in [0, 0.05) is 30.2 Å². The highest BCUT2D eigenvalue weighted by Crippen LogP contribution is 2.20. The van der Waals surface area contributed by atoms with Crippen molar-refractivity contribution in [1.29, 1.82) is 0 Å². The smallest absolute Gasteiger partial charge is 0.0593 e. The van der Waals surface area contributed by atoms with Gasteiger partial charge in [0.05, 0.1) is 6.61 Å². The third-order valence-electron chi connectivity index (χ3n) is 3.66. The van der Waals surface area contributed by atoms with Crippen LogP contribution in [0.3, 0.4) is 0 Å². The molecule has 1 atom stereocenters. The Kier molecular flexibility index (Phi) is 9.92. The van der Waals surface area contributed by atoms with Gasteiger partial charge in [-0.15, -0.1) is 0 Å². The van der Waals surface area contributed by atoms with Crippen molar-refractivity contribution >= 4 is 15.9 Å². The molecule has 0 bridgehead atoms. The lowest BCUT2D eigenvalue weighted by Gasteiger charge is -2.24. The summed E-state index contributed by atoms with van der Waals surface area (Å²) >= 11 is 3.50. The number of rotatable bonds is 11. The van der Waals surface area contributed by atoms with Gasteiger partial charge < -0.3 is 15.0 Å². The molecule has 0 radical (unpaired) electrons. The van der Waals surface area contributed by atoms with Crippen molar-refractivity contribution in [2.75, 3.05) is 39.4 Å². The second kappa shape index (κ2) is 11.2. The first-order valence-electron chi connectivity index (χ1n) is 8.00. The van der Waals surface area contributed by atoms with Crippen molar-refractivity contribution in [2.24, 2.45) is 0 Å². The maximum absolute atomic E-state index is 5.46. The molecule has 0 aliphatic heterocycles. The highest BCUT2D eigenvalue weighted by Gasteiger charge is 2.12. The first-order valence-corrected chi connectivity index (χ1v) is 8.79. The van der Waals surface area contributed by atoms with Gasteiger partial charge in [0.2, 0.25) is 0 Å². The van der Waals surface area contributed by atoms with Crippen LogP contribution in [0.4, 0.5) is 0 Å². The second-order valence-electron chi connectivity index (χ2n) is 5.08. The van der Waals surface area contributed by atoms with Crippen molar-refractivity contribution in [3.05, 3.63) is 34.3 Å². The molecule has 0 heterocycles. The summed E-state index contributed by atoms with van der Waals surface area (Å²) in [7, 11) is 0. The van der Waals surface area contributed by atoms with E-state index < -0.39 is 0 Å². The van der Waals surface area contributed by atoms with Gasteiger partial charge in [-0.2, -0.15) is 0 Å². The maximum Gasteiger partial charge on any atom is 0.0593 e. The van der Waals surface area contributed by atoms with Crippen LogP contribution in [-0.4, -0.2) is 44.3 Å². The third-order valence-corrected chi connectivity index (χ3v) is 4.19. The number of likely N-dealkylation sites (N-methyl/N-ethyl adjacent to an activating group) is 1. The number of halogens is 1. The van der Waals surface area contributed by atoms with Gasteiger partial charge >= 0.3 is 0 Å². The van der Waals surface area contributed by atoms with Crippen LogP contribution in [0.25, 0.3) is 0 Å². The van der Waals surface area contributed by atoms with E-state index in [0.29, 0.717) is 6.04 Å². The van der Waals surface area contributed by atoms with E-state index in [-0.39, 0.29) is 0 Å². The minimum absolute atomic E-state index is 0.421. The van der Waals surface area contributed by atoms with Gasteiger partial charge in [-0.25, -0.2) is 0 Å². The monoisotopic (exact) mass is 356 g/mol. The van der Waals surface area contributed by atoms with E-state index in [1.165, 1.54) is 5.56 Å². The minimum atomic E-state index is 0.421. The summed E-state index contributed by atoms with van der Waals surface area (Å²) in [5.41, 5.74) is 1.36. The molecule has 0 aliphatic rings. The molecule has 0 aromatic heterocycles. The van der Waals surface area contributed by atoms with Crippen LogP contribution >= 0.6 is 15.9 Å². The Morgan fingerprint density at radius 1 is 1.14 bits per heavy atom. The van der Waals surface area contributed by atoms with E-state index >= 15 is 0 Å². The molecule has 1 rings (SSSR count). The third kappa shape index (κ3) is 7.41. The normalized spacial score (nSPS) is 12.8. The molecule has 0 spiro atoms. The molecule has 0 aliphatic carbocycles. The van der Waals surface area contributed by atoms with E-state index in [1.54, 1.807) is 0 Å². The lowest BCUT2D eigenvalue weighted by molar-refractivity contribution is 0.113. The summed E-state index contributed by atoms with van der Waals surface area (Å²) < 4.78 is 6.59. The SMILES string of the molecule is CCNC(CCN(CC)CCOCC)c1ccc(Br)cc1. The fourth-order valence-electron chi connectivity index (χ4n) is 2.41. The molecule has 1 aromatic carbocycles. The predicted octanol–water partition coefficient (Wildman–Crippen LogP) is 3.85. The summed E-state index contributed by atoms with van der Waals surface area (Å²) in [5.74, 6) is 0. The molecule has 21 heavy (non-hydrogen) atoms. The quantitative estimate of drug-likeness (QED) is 0.609. The number of hydrogen-bond acceptors (Lipinski definition) is 3. The fourth-order valence-corrected chi connectivity index (χ4v) is 2.67.